The van der Waals surface area contributed by atoms with Crippen LogP contribution in [0, 0.1) is 28.6 Å². The van der Waals surface area contributed by atoms with Gasteiger partial charge in [0.1, 0.15) is 10.0 Å². The minimum absolute atomic E-state index is 0.00904. The number of phenolic OH excluding ortho intramolecular Hbond substituents is 1. The molecule has 0 spiro atoms. The van der Waals surface area contributed by atoms with Gasteiger partial charge in [0.25, 0.3) is 0 Å². The van der Waals surface area contributed by atoms with Crippen LogP contribution < -0.4 is 5.73 Å². The van der Waals surface area contributed by atoms with E-state index in [-0.39, 0.29) is 30.9 Å². The molecule has 0 aliphatic heterocycles. The van der Waals surface area contributed by atoms with Crippen molar-refractivity contribution < 1.29 is 5.11 Å². The first-order valence-corrected chi connectivity index (χ1v) is 13.6. The highest BCUT2D eigenvalue weighted by Crippen LogP contribution is 2.61. The molecule has 0 bridgehead atoms. The van der Waals surface area contributed by atoms with E-state index >= 15 is 0 Å². The predicted octanol–water partition coefficient (Wildman–Crippen LogP) is 9.74. The van der Waals surface area contributed by atoms with E-state index in [2.05, 4.69) is 39.8 Å². The van der Waals surface area contributed by atoms with Gasteiger partial charge in [0, 0.05) is 0 Å². The lowest BCUT2D eigenvalue weighted by Crippen LogP contribution is -2.52. The fraction of sp³-hybridized carbons (Fsp3) is 0.615. The average Bonchev–Trinajstić information content (AvgIpc) is 2.80. The number of phenols is 1. The fourth-order valence-electron chi connectivity index (χ4n) is 6.31. The normalized spacial score (nSPS) is 31.1. The van der Waals surface area contributed by atoms with Gasteiger partial charge in [-0.3, -0.25) is 0 Å². The quantitative estimate of drug-likeness (QED) is 0.283. The van der Waals surface area contributed by atoms with Gasteiger partial charge in [-0.25, -0.2) is 0 Å². The zero-order valence-electron chi connectivity index (χ0n) is 19.8. The Morgan fingerprint density at radius 2 is 1.58 bits per heavy atom. The number of rotatable bonds is 2. The summed E-state index contributed by atoms with van der Waals surface area (Å²) in [5, 5.41) is 9.01. The molecule has 1 aromatic carbocycles. The molecule has 33 heavy (non-hydrogen) atoms. The lowest BCUT2D eigenvalue weighted by molar-refractivity contribution is -0.0438. The highest BCUT2D eigenvalue weighted by Gasteiger charge is 2.53. The van der Waals surface area contributed by atoms with E-state index in [9.17, 15) is 5.11 Å². The van der Waals surface area contributed by atoms with Crippen LogP contribution >= 0.6 is 58.0 Å². The van der Waals surface area contributed by atoms with Crippen LogP contribution in [0.2, 0.25) is 25.1 Å². The van der Waals surface area contributed by atoms with Gasteiger partial charge >= 0.3 is 0 Å². The summed E-state index contributed by atoms with van der Waals surface area (Å²) in [7, 11) is 0. The molecule has 0 unspecified atom stereocenters. The first kappa shape index (κ1) is 27.5. The van der Waals surface area contributed by atoms with Gasteiger partial charge in [-0.15, -0.1) is 0 Å². The van der Waals surface area contributed by atoms with E-state index in [1.165, 1.54) is 38.5 Å². The summed E-state index contributed by atoms with van der Waals surface area (Å²) in [6, 6.07) is 0. The van der Waals surface area contributed by atoms with Crippen molar-refractivity contribution in [1.82, 2.24) is 0 Å². The van der Waals surface area contributed by atoms with Gasteiger partial charge in [0.15, 0.2) is 5.75 Å². The molecule has 3 aliphatic rings. The van der Waals surface area contributed by atoms with E-state index in [1.54, 1.807) is 11.1 Å². The van der Waals surface area contributed by atoms with Crippen molar-refractivity contribution in [3.05, 3.63) is 48.4 Å². The van der Waals surface area contributed by atoms with Crippen LogP contribution in [-0.2, 0) is 0 Å². The van der Waals surface area contributed by atoms with E-state index in [0.717, 1.165) is 18.4 Å². The number of allylic oxidation sites excluding steroid dienone is 4. The zero-order valence-corrected chi connectivity index (χ0v) is 23.5. The van der Waals surface area contributed by atoms with Gasteiger partial charge < -0.3 is 10.8 Å². The number of nitrogens with two attached hydrogens (primary N) is 1. The highest BCUT2D eigenvalue weighted by atomic mass is 35.5. The third-order valence-corrected chi connectivity index (χ3v) is 10.6. The van der Waals surface area contributed by atoms with E-state index < -0.39 is 0 Å². The van der Waals surface area contributed by atoms with Crippen molar-refractivity contribution in [2.24, 2.45) is 34.3 Å². The maximum atomic E-state index is 9.20. The molecule has 2 nitrogen and oxygen atoms in total. The molecule has 0 heterocycles. The molecule has 7 heteroatoms. The van der Waals surface area contributed by atoms with Gasteiger partial charge in [0.2, 0.25) is 0 Å². The Balaban J connectivity index is 0.000000218. The van der Waals surface area contributed by atoms with Crippen LogP contribution in [0.4, 0.5) is 0 Å². The van der Waals surface area contributed by atoms with Crippen LogP contribution in [0.15, 0.2) is 23.3 Å². The number of aromatic hydroxyl groups is 1. The van der Waals surface area contributed by atoms with Gasteiger partial charge in [0.05, 0.1) is 15.1 Å². The second-order valence-electron chi connectivity index (χ2n) is 10.6. The molecule has 3 N–H and O–H groups in total. The maximum Gasteiger partial charge on any atom is 0.155 e. The molecule has 1 saturated carbocycles. The zero-order chi connectivity index (χ0) is 24.7. The number of benzene rings is 1. The summed E-state index contributed by atoms with van der Waals surface area (Å²) < 4.78 is 0. The lowest BCUT2D eigenvalue weighted by Gasteiger charge is -2.58. The first-order chi connectivity index (χ1) is 15.4. The van der Waals surface area contributed by atoms with Gasteiger partial charge in [-0.05, 0) is 72.8 Å². The molecule has 4 rings (SSSR count). The summed E-state index contributed by atoms with van der Waals surface area (Å²) in [5.74, 6) is 1.91. The number of hydrogen-bond donors (Lipinski definition) is 2. The maximum absolute atomic E-state index is 9.20. The molecular weight excluding hydrogens is 520 g/mol. The Morgan fingerprint density at radius 1 is 1.00 bits per heavy atom. The third-order valence-electron chi connectivity index (χ3n) is 8.36. The number of hydrogen-bond acceptors (Lipinski definition) is 2. The molecule has 0 amide bonds. The molecule has 4 atom stereocenters. The lowest BCUT2D eigenvalue weighted by atomic mass is 9.47. The Bertz CT molecular complexity index is 867. The van der Waals surface area contributed by atoms with E-state index in [1.807, 2.05) is 0 Å². The summed E-state index contributed by atoms with van der Waals surface area (Å²) in [6.07, 6.45) is 13.1. The SMILES string of the molecule is CC(C)C1=CC2=CC[C@H]3[C@](C)(CN)CCC[C@]3(C)[C@H]2CC1.Oc1c(Cl)c(Cl)c(Cl)c(Cl)c1Cl. The second-order valence-corrected chi connectivity index (χ2v) is 12.5. The molecule has 0 aromatic heterocycles. The van der Waals surface area contributed by atoms with Crippen LogP contribution in [0.3, 0.4) is 0 Å². The molecule has 1 fully saturated rings. The van der Waals surface area contributed by atoms with Crippen LogP contribution in [0.25, 0.3) is 0 Å². The molecule has 1 aromatic rings. The average molecular weight is 554 g/mol. The number of halogens is 5. The monoisotopic (exact) mass is 551 g/mol. The summed E-state index contributed by atoms with van der Waals surface area (Å²) >= 11 is 27.9. The van der Waals surface area contributed by atoms with Crippen LogP contribution in [0.1, 0.15) is 66.2 Å². The van der Waals surface area contributed by atoms with Crippen molar-refractivity contribution in [1.29, 1.82) is 0 Å². The first-order valence-electron chi connectivity index (χ1n) is 11.7. The van der Waals surface area contributed by atoms with Crippen LogP contribution in [0.5, 0.6) is 5.75 Å². The van der Waals surface area contributed by atoms with E-state index in [4.69, 9.17) is 63.7 Å². The predicted molar refractivity (Wildman–Crippen MR) is 144 cm³/mol. The summed E-state index contributed by atoms with van der Waals surface area (Å²) in [5.41, 5.74) is 10.4. The molecule has 0 radical (unpaired) electrons. The topological polar surface area (TPSA) is 46.2 Å². The standard InChI is InChI=1S/C20H33N.C6HCl5O/c1-14(2)15-6-8-17-16(12-15)7-9-18-19(3,13-21)10-5-11-20(17,18)4;7-1-2(8)4(10)6(12)5(11)3(1)9/h7,12,14,17-18H,5-6,8-11,13,21H2,1-4H3;12H/t17-,18-,19-,20+;/m0./s1. The minimum atomic E-state index is -0.363. The smallest absolute Gasteiger partial charge is 0.155 e. The molecule has 184 valence electrons. The van der Waals surface area contributed by atoms with Crippen molar-refractivity contribution in [3.63, 3.8) is 0 Å². The van der Waals surface area contributed by atoms with Crippen molar-refractivity contribution in [3.8, 4) is 5.75 Å². The summed E-state index contributed by atoms with van der Waals surface area (Å²) in [4.78, 5) is 0. The Labute approximate surface area is 223 Å². The Morgan fingerprint density at radius 3 is 2.12 bits per heavy atom. The second kappa shape index (κ2) is 10.5. The van der Waals surface area contributed by atoms with Crippen LogP contribution in [-0.4, -0.2) is 11.7 Å². The van der Waals surface area contributed by atoms with Gasteiger partial charge in [-0.2, -0.15) is 0 Å². The molecular formula is C26H34Cl5NO. The third kappa shape index (κ3) is 5.09. The molecule has 3 aliphatic carbocycles. The van der Waals surface area contributed by atoms with Crippen molar-refractivity contribution >= 4 is 58.0 Å². The molecule has 0 saturated heterocycles. The summed E-state index contributed by atoms with van der Waals surface area (Å²) in [6.45, 7) is 10.6. The Hall–Kier alpha value is -0.0900. The Kier molecular flexibility index (Phi) is 8.74. The van der Waals surface area contributed by atoms with Crippen molar-refractivity contribution in [2.45, 2.75) is 66.2 Å². The highest BCUT2D eigenvalue weighted by molar-refractivity contribution is 6.55. The van der Waals surface area contributed by atoms with Crippen molar-refractivity contribution in [2.75, 3.05) is 6.54 Å². The van der Waals surface area contributed by atoms with Gasteiger partial charge in [-0.1, -0.05) is 110 Å². The largest absolute Gasteiger partial charge is 0.505 e. The van der Waals surface area contributed by atoms with E-state index in [0.29, 0.717) is 16.7 Å². The number of fused-ring (bicyclic) bond motifs is 3. The fourth-order valence-corrected chi connectivity index (χ4v) is 7.44. The minimum Gasteiger partial charge on any atom is -0.505 e.